The number of hydrogen-bond donors (Lipinski definition) is 1. The lowest BCUT2D eigenvalue weighted by atomic mass is 9.97. The molecular formula is C11H16O3. The van der Waals surface area contributed by atoms with Crippen LogP contribution in [-0.4, -0.2) is 11.1 Å². The highest BCUT2D eigenvalue weighted by Gasteiger charge is 2.23. The molecule has 1 aromatic rings. The lowest BCUT2D eigenvalue weighted by Gasteiger charge is -2.04. The summed E-state index contributed by atoms with van der Waals surface area (Å²) in [5.74, 6) is 0.612. The average molecular weight is 196 g/mol. The first-order valence-electron chi connectivity index (χ1n) is 4.84. The molecule has 3 heteroatoms. The van der Waals surface area contributed by atoms with Crippen LogP contribution < -0.4 is 0 Å². The van der Waals surface area contributed by atoms with E-state index in [2.05, 4.69) is 0 Å². The summed E-state index contributed by atoms with van der Waals surface area (Å²) in [5, 5.41) is 9.08. The Morgan fingerprint density at radius 1 is 1.50 bits per heavy atom. The van der Waals surface area contributed by atoms with E-state index in [0.29, 0.717) is 17.7 Å². The van der Waals surface area contributed by atoms with Crippen molar-refractivity contribution in [3.63, 3.8) is 0 Å². The molecular weight excluding hydrogens is 180 g/mol. The highest BCUT2D eigenvalue weighted by atomic mass is 16.4. The van der Waals surface area contributed by atoms with E-state index < -0.39 is 5.97 Å². The Morgan fingerprint density at radius 3 is 2.43 bits per heavy atom. The van der Waals surface area contributed by atoms with Gasteiger partial charge in [-0.15, -0.1) is 0 Å². The standard InChI is InChI=1S/C11H16O3/c1-5-8-10(11(12)13)9(6(2)3)7(4)14-8/h6H,5H2,1-4H3,(H,12,13). The molecule has 0 aliphatic carbocycles. The minimum absolute atomic E-state index is 0.185. The third kappa shape index (κ3) is 1.67. The summed E-state index contributed by atoms with van der Waals surface area (Å²) in [7, 11) is 0. The molecule has 0 saturated carbocycles. The predicted molar refractivity (Wildman–Crippen MR) is 53.9 cm³/mol. The van der Waals surface area contributed by atoms with Gasteiger partial charge in [-0.2, -0.15) is 0 Å². The Hall–Kier alpha value is -1.25. The van der Waals surface area contributed by atoms with Crippen LogP contribution in [0.1, 0.15) is 54.1 Å². The van der Waals surface area contributed by atoms with Crippen molar-refractivity contribution in [2.75, 3.05) is 0 Å². The maximum Gasteiger partial charge on any atom is 0.339 e. The lowest BCUT2D eigenvalue weighted by Crippen LogP contribution is -2.04. The summed E-state index contributed by atoms with van der Waals surface area (Å²) < 4.78 is 5.44. The fourth-order valence-electron chi connectivity index (χ4n) is 1.80. The number of carboxylic acid groups (broad SMARTS) is 1. The molecule has 0 aliphatic heterocycles. The quantitative estimate of drug-likeness (QED) is 0.808. The van der Waals surface area contributed by atoms with Gasteiger partial charge in [-0.05, 0) is 12.8 Å². The second-order valence-electron chi connectivity index (χ2n) is 3.68. The topological polar surface area (TPSA) is 50.4 Å². The van der Waals surface area contributed by atoms with Crippen LogP contribution in [-0.2, 0) is 6.42 Å². The van der Waals surface area contributed by atoms with E-state index in [1.54, 1.807) is 0 Å². The van der Waals surface area contributed by atoms with Gasteiger partial charge in [0.1, 0.15) is 17.1 Å². The molecule has 0 radical (unpaired) electrons. The van der Waals surface area contributed by atoms with Crippen LogP contribution in [0.5, 0.6) is 0 Å². The van der Waals surface area contributed by atoms with Gasteiger partial charge in [0.05, 0.1) is 0 Å². The molecule has 78 valence electrons. The van der Waals surface area contributed by atoms with Gasteiger partial charge in [0.2, 0.25) is 0 Å². The zero-order valence-electron chi connectivity index (χ0n) is 9.05. The zero-order chi connectivity index (χ0) is 10.9. The van der Waals surface area contributed by atoms with Crippen molar-refractivity contribution in [2.24, 2.45) is 0 Å². The SMILES string of the molecule is CCc1oc(C)c(C(C)C)c1C(=O)O. The molecule has 0 amide bonds. The Morgan fingerprint density at radius 2 is 2.07 bits per heavy atom. The normalized spacial score (nSPS) is 10.9. The van der Waals surface area contributed by atoms with Crippen molar-refractivity contribution in [1.29, 1.82) is 0 Å². The van der Waals surface area contributed by atoms with Crippen LogP contribution >= 0.6 is 0 Å². The van der Waals surface area contributed by atoms with Gasteiger partial charge in [0, 0.05) is 12.0 Å². The van der Waals surface area contributed by atoms with Crippen LogP contribution in [0.2, 0.25) is 0 Å². The maximum atomic E-state index is 11.1. The van der Waals surface area contributed by atoms with E-state index in [4.69, 9.17) is 9.52 Å². The molecule has 0 aromatic carbocycles. The average Bonchev–Trinajstić information content (AvgIpc) is 2.41. The fourth-order valence-corrected chi connectivity index (χ4v) is 1.80. The predicted octanol–water partition coefficient (Wildman–Crippen LogP) is 2.97. The lowest BCUT2D eigenvalue weighted by molar-refractivity contribution is 0.0693. The highest BCUT2D eigenvalue weighted by molar-refractivity contribution is 5.91. The summed E-state index contributed by atoms with van der Waals surface area (Å²) in [4.78, 5) is 11.1. The van der Waals surface area contributed by atoms with Gasteiger partial charge in [-0.1, -0.05) is 20.8 Å². The molecule has 0 bridgehead atoms. The smallest absolute Gasteiger partial charge is 0.339 e. The second-order valence-corrected chi connectivity index (χ2v) is 3.68. The minimum atomic E-state index is -0.887. The maximum absolute atomic E-state index is 11.1. The Labute approximate surface area is 83.7 Å². The zero-order valence-corrected chi connectivity index (χ0v) is 9.05. The van der Waals surface area contributed by atoms with Crippen LogP contribution in [0.25, 0.3) is 0 Å². The van der Waals surface area contributed by atoms with Crippen LogP contribution in [0.15, 0.2) is 4.42 Å². The first-order chi connectivity index (χ1) is 6.49. The third-order valence-electron chi connectivity index (χ3n) is 2.32. The van der Waals surface area contributed by atoms with Crippen molar-refractivity contribution in [3.8, 4) is 0 Å². The number of aryl methyl sites for hydroxylation is 2. The van der Waals surface area contributed by atoms with Crippen molar-refractivity contribution in [2.45, 2.75) is 40.0 Å². The minimum Gasteiger partial charge on any atom is -0.478 e. The molecule has 1 rings (SSSR count). The Balaban J connectivity index is 3.39. The number of hydrogen-bond acceptors (Lipinski definition) is 2. The van der Waals surface area contributed by atoms with Gasteiger partial charge >= 0.3 is 5.97 Å². The molecule has 0 unspecified atom stereocenters. The summed E-state index contributed by atoms with van der Waals surface area (Å²) >= 11 is 0. The molecule has 0 aliphatic rings. The van der Waals surface area contributed by atoms with Gasteiger partial charge in [0.15, 0.2) is 0 Å². The number of carboxylic acids is 1. The van der Waals surface area contributed by atoms with E-state index >= 15 is 0 Å². The molecule has 1 aromatic heterocycles. The number of aromatic carboxylic acids is 1. The summed E-state index contributed by atoms with van der Waals surface area (Å²) in [5.41, 5.74) is 1.19. The first kappa shape index (κ1) is 10.8. The van der Waals surface area contributed by atoms with Crippen molar-refractivity contribution in [1.82, 2.24) is 0 Å². The molecule has 1 N–H and O–H groups in total. The van der Waals surface area contributed by atoms with Crippen molar-refractivity contribution >= 4 is 5.97 Å². The first-order valence-corrected chi connectivity index (χ1v) is 4.84. The van der Waals surface area contributed by atoms with E-state index in [1.807, 2.05) is 27.7 Å². The van der Waals surface area contributed by atoms with Crippen LogP contribution in [0.3, 0.4) is 0 Å². The van der Waals surface area contributed by atoms with Crippen LogP contribution in [0.4, 0.5) is 0 Å². The third-order valence-corrected chi connectivity index (χ3v) is 2.32. The molecule has 14 heavy (non-hydrogen) atoms. The molecule has 0 spiro atoms. The monoisotopic (exact) mass is 196 g/mol. The van der Waals surface area contributed by atoms with Gasteiger partial charge < -0.3 is 9.52 Å². The van der Waals surface area contributed by atoms with Gasteiger partial charge in [0.25, 0.3) is 0 Å². The van der Waals surface area contributed by atoms with Gasteiger partial charge in [-0.3, -0.25) is 0 Å². The molecule has 1 heterocycles. The Kier molecular flexibility index (Phi) is 2.99. The van der Waals surface area contributed by atoms with Crippen molar-refractivity contribution in [3.05, 3.63) is 22.6 Å². The molecule has 0 fully saturated rings. The van der Waals surface area contributed by atoms with Crippen molar-refractivity contribution < 1.29 is 14.3 Å². The van der Waals surface area contributed by atoms with Gasteiger partial charge in [-0.25, -0.2) is 4.79 Å². The molecule has 3 nitrogen and oxygen atoms in total. The van der Waals surface area contributed by atoms with Crippen LogP contribution in [0, 0.1) is 6.92 Å². The molecule has 0 saturated heterocycles. The molecule has 0 atom stereocenters. The van der Waals surface area contributed by atoms with E-state index in [-0.39, 0.29) is 5.92 Å². The highest BCUT2D eigenvalue weighted by Crippen LogP contribution is 2.29. The number of rotatable bonds is 3. The summed E-state index contributed by atoms with van der Waals surface area (Å²) in [6, 6.07) is 0. The summed E-state index contributed by atoms with van der Waals surface area (Å²) in [6.45, 7) is 7.67. The Bertz CT molecular complexity index is 348. The fraction of sp³-hybridized carbons (Fsp3) is 0.545. The number of carbonyl (C=O) groups is 1. The van der Waals surface area contributed by atoms with E-state index in [1.165, 1.54) is 0 Å². The number of furan rings is 1. The van der Waals surface area contributed by atoms with E-state index in [9.17, 15) is 4.79 Å². The largest absolute Gasteiger partial charge is 0.478 e. The summed E-state index contributed by atoms with van der Waals surface area (Å²) in [6.07, 6.45) is 0.620. The second kappa shape index (κ2) is 3.86. The van der Waals surface area contributed by atoms with E-state index in [0.717, 1.165) is 11.3 Å².